The zero-order valence-corrected chi connectivity index (χ0v) is 14.8. The van der Waals surface area contributed by atoms with Gasteiger partial charge in [0.05, 0.1) is 0 Å². The number of hydrogen-bond acceptors (Lipinski definition) is 3. The monoisotopic (exact) mass is 372 g/mol. The normalized spacial score (nSPS) is 12.7. The molecule has 0 aromatic heterocycles. The van der Waals surface area contributed by atoms with E-state index in [4.69, 9.17) is 0 Å². The molecule has 0 fully saturated rings. The number of benzene rings is 2. The molecule has 0 saturated carbocycles. The molecule has 0 heterocycles. The van der Waals surface area contributed by atoms with Crippen molar-refractivity contribution >= 4 is 17.8 Å². The summed E-state index contributed by atoms with van der Waals surface area (Å²) < 4.78 is 13.8. The number of carbonyl (C=O) groups is 3. The van der Waals surface area contributed by atoms with E-state index in [0.717, 1.165) is 5.56 Å². The minimum absolute atomic E-state index is 0.185. The number of halogens is 1. The highest BCUT2D eigenvalue weighted by atomic mass is 19.1. The summed E-state index contributed by atoms with van der Waals surface area (Å²) in [6, 6.07) is 12.6. The van der Waals surface area contributed by atoms with E-state index in [1.54, 1.807) is 30.3 Å². The highest BCUT2D eigenvalue weighted by molar-refractivity contribution is 5.90. The smallest absolute Gasteiger partial charge is 0.326 e. The number of rotatable bonds is 8. The Morgan fingerprint density at radius 2 is 1.56 bits per heavy atom. The van der Waals surface area contributed by atoms with Gasteiger partial charge in [0.15, 0.2) is 0 Å². The molecule has 6 nitrogen and oxygen atoms in total. The van der Waals surface area contributed by atoms with E-state index in [9.17, 15) is 23.9 Å². The second kappa shape index (κ2) is 9.47. The minimum Gasteiger partial charge on any atom is -0.480 e. The fourth-order valence-electron chi connectivity index (χ4n) is 2.66. The molecule has 2 aromatic rings. The highest BCUT2D eigenvalue weighted by Gasteiger charge is 2.27. The molecule has 2 amide bonds. The molecule has 7 heteroatoms. The van der Waals surface area contributed by atoms with Crippen molar-refractivity contribution in [2.24, 2.45) is 0 Å². The van der Waals surface area contributed by atoms with Gasteiger partial charge in [0.2, 0.25) is 11.8 Å². The van der Waals surface area contributed by atoms with E-state index in [1.165, 1.54) is 25.1 Å². The Labute approximate surface area is 156 Å². The Bertz CT molecular complexity index is 811. The molecule has 142 valence electrons. The maximum atomic E-state index is 13.8. The van der Waals surface area contributed by atoms with Crippen molar-refractivity contribution in [3.05, 3.63) is 71.5 Å². The summed E-state index contributed by atoms with van der Waals surface area (Å²) in [6.45, 7) is 1.28. The lowest BCUT2D eigenvalue weighted by atomic mass is 10.0. The standard InChI is InChI=1S/C20H21FN2O4/c1-13(24)22-17(11-14-7-3-2-4-8-14)19(25)23-18(20(26)27)12-15-9-5-6-10-16(15)21/h2-10,17-18H,11-12H2,1H3,(H,22,24)(H,23,25)(H,26,27)/t17-,18+/m0/s1. The van der Waals surface area contributed by atoms with Gasteiger partial charge in [0.1, 0.15) is 17.9 Å². The first kappa shape index (κ1) is 20.1. The molecule has 27 heavy (non-hydrogen) atoms. The molecule has 0 saturated heterocycles. The first-order valence-electron chi connectivity index (χ1n) is 8.44. The second-order valence-corrected chi connectivity index (χ2v) is 6.14. The summed E-state index contributed by atoms with van der Waals surface area (Å²) in [5.74, 6) is -2.88. The Morgan fingerprint density at radius 1 is 0.926 bits per heavy atom. The van der Waals surface area contributed by atoms with Crippen LogP contribution in [0.3, 0.4) is 0 Å². The van der Waals surface area contributed by atoms with Gasteiger partial charge in [0, 0.05) is 19.8 Å². The summed E-state index contributed by atoms with van der Waals surface area (Å²) in [4.78, 5) is 35.6. The maximum Gasteiger partial charge on any atom is 0.326 e. The van der Waals surface area contributed by atoms with Crippen LogP contribution in [0.5, 0.6) is 0 Å². The molecule has 0 aliphatic rings. The molecule has 2 rings (SSSR count). The average Bonchev–Trinajstić information content (AvgIpc) is 2.62. The van der Waals surface area contributed by atoms with Crippen LogP contribution in [0.4, 0.5) is 4.39 Å². The van der Waals surface area contributed by atoms with Crippen LogP contribution >= 0.6 is 0 Å². The molecule has 3 N–H and O–H groups in total. The lowest BCUT2D eigenvalue weighted by molar-refractivity contribution is -0.142. The third kappa shape index (κ3) is 6.22. The zero-order chi connectivity index (χ0) is 19.8. The van der Waals surface area contributed by atoms with Gasteiger partial charge in [-0.15, -0.1) is 0 Å². The largest absolute Gasteiger partial charge is 0.480 e. The fourth-order valence-corrected chi connectivity index (χ4v) is 2.66. The van der Waals surface area contributed by atoms with Crippen LogP contribution in [-0.2, 0) is 27.2 Å². The summed E-state index contributed by atoms with van der Waals surface area (Å²) >= 11 is 0. The Balaban J connectivity index is 2.13. The summed E-state index contributed by atoms with van der Waals surface area (Å²) in [6.07, 6.45) is 0.00413. The van der Waals surface area contributed by atoms with E-state index >= 15 is 0 Å². The molecule has 0 radical (unpaired) electrons. The van der Waals surface area contributed by atoms with Gasteiger partial charge in [-0.2, -0.15) is 0 Å². The molecule has 2 aromatic carbocycles. The van der Waals surface area contributed by atoms with Crippen LogP contribution in [0.15, 0.2) is 54.6 Å². The van der Waals surface area contributed by atoms with Crippen molar-refractivity contribution in [2.45, 2.75) is 31.8 Å². The van der Waals surface area contributed by atoms with E-state index in [-0.39, 0.29) is 18.4 Å². The van der Waals surface area contributed by atoms with Crippen molar-refractivity contribution in [3.63, 3.8) is 0 Å². The summed E-state index contributed by atoms with van der Waals surface area (Å²) in [5.41, 5.74) is 0.997. The Kier molecular flexibility index (Phi) is 7.05. The number of carbonyl (C=O) groups excluding carboxylic acids is 2. The molecule has 0 unspecified atom stereocenters. The van der Waals surface area contributed by atoms with Crippen molar-refractivity contribution in [3.8, 4) is 0 Å². The van der Waals surface area contributed by atoms with E-state index in [2.05, 4.69) is 10.6 Å². The highest BCUT2D eigenvalue weighted by Crippen LogP contribution is 2.10. The predicted octanol–water partition coefficient (Wildman–Crippen LogP) is 1.68. The quantitative estimate of drug-likeness (QED) is 0.657. The van der Waals surface area contributed by atoms with Gasteiger partial charge in [0.25, 0.3) is 0 Å². The average molecular weight is 372 g/mol. The second-order valence-electron chi connectivity index (χ2n) is 6.14. The SMILES string of the molecule is CC(=O)N[C@@H](Cc1ccccc1)C(=O)N[C@H](Cc1ccccc1F)C(=O)O. The molecule has 0 spiro atoms. The maximum absolute atomic E-state index is 13.8. The molecular formula is C20H21FN2O4. The van der Waals surface area contributed by atoms with Crippen LogP contribution < -0.4 is 10.6 Å². The van der Waals surface area contributed by atoms with Gasteiger partial charge in [-0.1, -0.05) is 48.5 Å². The molecule has 0 bridgehead atoms. The first-order valence-corrected chi connectivity index (χ1v) is 8.44. The van der Waals surface area contributed by atoms with E-state index < -0.39 is 35.7 Å². The topological polar surface area (TPSA) is 95.5 Å². The fraction of sp³-hybridized carbons (Fsp3) is 0.250. The number of carboxylic acid groups (broad SMARTS) is 1. The van der Waals surface area contributed by atoms with Gasteiger partial charge >= 0.3 is 5.97 Å². The third-order valence-electron chi connectivity index (χ3n) is 3.97. The molecule has 2 atom stereocenters. The van der Waals surface area contributed by atoms with Crippen LogP contribution in [0.2, 0.25) is 0 Å². The van der Waals surface area contributed by atoms with Gasteiger partial charge < -0.3 is 15.7 Å². The summed E-state index contributed by atoms with van der Waals surface area (Å²) in [7, 11) is 0. The van der Waals surface area contributed by atoms with Gasteiger partial charge in [-0.05, 0) is 17.2 Å². The number of carboxylic acids is 1. The van der Waals surface area contributed by atoms with Crippen molar-refractivity contribution < 1.29 is 23.9 Å². The van der Waals surface area contributed by atoms with Crippen LogP contribution in [0, 0.1) is 5.82 Å². The number of hydrogen-bond donors (Lipinski definition) is 3. The van der Waals surface area contributed by atoms with Crippen LogP contribution in [-0.4, -0.2) is 35.0 Å². The number of amides is 2. The minimum atomic E-state index is -1.32. The zero-order valence-electron chi connectivity index (χ0n) is 14.8. The van der Waals surface area contributed by atoms with Crippen LogP contribution in [0.25, 0.3) is 0 Å². The van der Waals surface area contributed by atoms with Gasteiger partial charge in [-0.25, -0.2) is 9.18 Å². The number of aliphatic carboxylic acids is 1. The Morgan fingerprint density at radius 3 is 2.15 bits per heavy atom. The Hall–Kier alpha value is -3.22. The van der Waals surface area contributed by atoms with E-state index in [1.807, 2.05) is 6.07 Å². The lowest BCUT2D eigenvalue weighted by Gasteiger charge is -2.21. The summed E-state index contributed by atoms with van der Waals surface area (Å²) in [5, 5.41) is 14.3. The van der Waals surface area contributed by atoms with E-state index in [0.29, 0.717) is 0 Å². The van der Waals surface area contributed by atoms with Crippen LogP contribution in [0.1, 0.15) is 18.1 Å². The lowest BCUT2D eigenvalue weighted by Crippen LogP contribution is -2.52. The number of nitrogens with one attached hydrogen (secondary N) is 2. The van der Waals surface area contributed by atoms with Crippen molar-refractivity contribution in [1.82, 2.24) is 10.6 Å². The molecule has 0 aliphatic carbocycles. The first-order chi connectivity index (χ1) is 12.9. The van der Waals surface area contributed by atoms with Crippen molar-refractivity contribution in [2.75, 3.05) is 0 Å². The molecule has 0 aliphatic heterocycles. The third-order valence-corrected chi connectivity index (χ3v) is 3.97. The predicted molar refractivity (Wildman–Crippen MR) is 97.4 cm³/mol. The molecular weight excluding hydrogens is 351 g/mol. The van der Waals surface area contributed by atoms with Crippen molar-refractivity contribution in [1.29, 1.82) is 0 Å². The van der Waals surface area contributed by atoms with Gasteiger partial charge in [-0.3, -0.25) is 9.59 Å².